The summed E-state index contributed by atoms with van der Waals surface area (Å²) >= 11 is 0. The van der Waals surface area contributed by atoms with Crippen molar-refractivity contribution in [1.29, 1.82) is 0 Å². The topological polar surface area (TPSA) is 32.8 Å². The molecule has 0 radical (unpaired) electrons. The standard InChI is InChI=1S/C22H28N2O2/c1-17-9-10-21(15-18(17)2)26-19(3)22(25)24-13-11-23(12-14-24)16-20-7-5-4-6-8-20/h4-10,15,19H,11-14,16H2,1-3H3/t19-/m1/s1. The second-order valence-electron chi connectivity index (χ2n) is 7.09. The maximum atomic E-state index is 12.7. The van der Waals surface area contributed by atoms with Gasteiger partial charge in [-0.15, -0.1) is 0 Å². The molecule has 0 spiro atoms. The van der Waals surface area contributed by atoms with Gasteiger partial charge in [0.25, 0.3) is 5.91 Å². The molecule has 0 bridgehead atoms. The molecule has 0 N–H and O–H groups in total. The lowest BCUT2D eigenvalue weighted by molar-refractivity contribution is -0.139. The van der Waals surface area contributed by atoms with Crippen LogP contribution in [0.2, 0.25) is 0 Å². The normalized spacial score (nSPS) is 16.3. The van der Waals surface area contributed by atoms with Crippen LogP contribution < -0.4 is 4.74 Å². The van der Waals surface area contributed by atoms with Crippen LogP contribution in [0.4, 0.5) is 0 Å². The van der Waals surface area contributed by atoms with Gasteiger partial charge in [0.15, 0.2) is 6.10 Å². The Kier molecular flexibility index (Phi) is 5.94. The van der Waals surface area contributed by atoms with E-state index in [1.807, 2.05) is 36.1 Å². The minimum Gasteiger partial charge on any atom is -0.481 e. The molecule has 0 unspecified atom stereocenters. The van der Waals surface area contributed by atoms with Crippen molar-refractivity contribution in [3.8, 4) is 5.75 Å². The molecule has 1 fully saturated rings. The monoisotopic (exact) mass is 352 g/mol. The number of aryl methyl sites for hydroxylation is 2. The van der Waals surface area contributed by atoms with Gasteiger partial charge in [0.2, 0.25) is 0 Å². The summed E-state index contributed by atoms with van der Waals surface area (Å²) in [5.41, 5.74) is 3.72. The molecule has 3 rings (SSSR count). The summed E-state index contributed by atoms with van der Waals surface area (Å²) in [6, 6.07) is 16.4. The van der Waals surface area contributed by atoms with Crippen molar-refractivity contribution < 1.29 is 9.53 Å². The van der Waals surface area contributed by atoms with Gasteiger partial charge in [0.05, 0.1) is 0 Å². The first-order valence-electron chi connectivity index (χ1n) is 9.32. The van der Waals surface area contributed by atoms with Gasteiger partial charge in [-0.25, -0.2) is 0 Å². The molecule has 1 atom stereocenters. The number of ether oxygens (including phenoxy) is 1. The van der Waals surface area contributed by atoms with Crippen LogP contribution in [0.1, 0.15) is 23.6 Å². The van der Waals surface area contributed by atoms with Crippen molar-refractivity contribution in [2.45, 2.75) is 33.4 Å². The third-order valence-corrected chi connectivity index (χ3v) is 5.07. The lowest BCUT2D eigenvalue weighted by atomic mass is 10.1. The zero-order chi connectivity index (χ0) is 18.5. The molecule has 1 aliphatic heterocycles. The Bertz CT molecular complexity index is 737. The van der Waals surface area contributed by atoms with E-state index in [4.69, 9.17) is 4.74 Å². The van der Waals surface area contributed by atoms with E-state index in [2.05, 4.69) is 43.0 Å². The first-order chi connectivity index (χ1) is 12.5. The Balaban J connectivity index is 1.50. The minimum absolute atomic E-state index is 0.0718. The summed E-state index contributed by atoms with van der Waals surface area (Å²) in [6.45, 7) is 10.2. The minimum atomic E-state index is -0.460. The van der Waals surface area contributed by atoms with E-state index < -0.39 is 6.10 Å². The third-order valence-electron chi connectivity index (χ3n) is 5.07. The summed E-state index contributed by atoms with van der Waals surface area (Å²) in [4.78, 5) is 17.0. The van der Waals surface area contributed by atoms with E-state index >= 15 is 0 Å². The van der Waals surface area contributed by atoms with Crippen LogP contribution in [0.5, 0.6) is 5.75 Å². The van der Waals surface area contributed by atoms with Crippen LogP contribution in [0.15, 0.2) is 48.5 Å². The van der Waals surface area contributed by atoms with E-state index in [-0.39, 0.29) is 5.91 Å². The largest absolute Gasteiger partial charge is 0.481 e. The van der Waals surface area contributed by atoms with E-state index in [9.17, 15) is 4.79 Å². The quantitative estimate of drug-likeness (QED) is 0.827. The van der Waals surface area contributed by atoms with Crippen molar-refractivity contribution in [2.75, 3.05) is 26.2 Å². The van der Waals surface area contributed by atoms with Crippen molar-refractivity contribution >= 4 is 5.91 Å². The zero-order valence-corrected chi connectivity index (χ0v) is 15.9. The molecule has 4 nitrogen and oxygen atoms in total. The van der Waals surface area contributed by atoms with Crippen LogP contribution in [0.25, 0.3) is 0 Å². The average Bonchev–Trinajstić information content (AvgIpc) is 2.65. The van der Waals surface area contributed by atoms with Gasteiger partial charge in [-0.2, -0.15) is 0 Å². The van der Waals surface area contributed by atoms with Gasteiger partial charge in [-0.1, -0.05) is 36.4 Å². The summed E-state index contributed by atoms with van der Waals surface area (Å²) in [5.74, 6) is 0.833. The molecule has 1 amide bonds. The van der Waals surface area contributed by atoms with Gasteiger partial charge in [-0.05, 0) is 49.6 Å². The molecule has 0 saturated carbocycles. The lowest BCUT2D eigenvalue weighted by Crippen LogP contribution is -2.51. The van der Waals surface area contributed by atoms with Crippen LogP contribution in [-0.2, 0) is 11.3 Å². The second-order valence-corrected chi connectivity index (χ2v) is 7.09. The van der Waals surface area contributed by atoms with Crippen LogP contribution >= 0.6 is 0 Å². The number of hydrogen-bond acceptors (Lipinski definition) is 3. The molecular formula is C22H28N2O2. The van der Waals surface area contributed by atoms with Crippen molar-refractivity contribution in [3.05, 3.63) is 65.2 Å². The highest BCUT2D eigenvalue weighted by molar-refractivity contribution is 5.81. The predicted octanol–water partition coefficient (Wildman–Crippen LogP) is 3.42. The Labute approximate surface area is 156 Å². The number of piperazine rings is 1. The fourth-order valence-corrected chi connectivity index (χ4v) is 3.27. The lowest BCUT2D eigenvalue weighted by Gasteiger charge is -2.35. The number of benzene rings is 2. The van der Waals surface area contributed by atoms with Crippen LogP contribution in [0.3, 0.4) is 0 Å². The van der Waals surface area contributed by atoms with Gasteiger partial charge in [0, 0.05) is 32.7 Å². The first kappa shape index (κ1) is 18.5. The van der Waals surface area contributed by atoms with Crippen molar-refractivity contribution in [1.82, 2.24) is 9.80 Å². The van der Waals surface area contributed by atoms with E-state index in [0.29, 0.717) is 0 Å². The molecule has 1 saturated heterocycles. The van der Waals surface area contributed by atoms with Gasteiger partial charge in [-0.3, -0.25) is 9.69 Å². The Morgan fingerprint density at radius 1 is 1.00 bits per heavy atom. The van der Waals surface area contributed by atoms with Crippen LogP contribution in [-0.4, -0.2) is 48.0 Å². The van der Waals surface area contributed by atoms with Gasteiger partial charge in [0.1, 0.15) is 5.75 Å². The fraction of sp³-hybridized carbons (Fsp3) is 0.409. The number of carbonyl (C=O) groups is 1. The number of carbonyl (C=O) groups excluding carboxylic acids is 1. The smallest absolute Gasteiger partial charge is 0.263 e. The molecule has 2 aromatic rings. The summed E-state index contributed by atoms with van der Waals surface area (Å²) in [5, 5.41) is 0. The first-order valence-corrected chi connectivity index (χ1v) is 9.32. The number of amides is 1. The van der Waals surface area contributed by atoms with Gasteiger partial charge < -0.3 is 9.64 Å². The number of rotatable bonds is 5. The maximum Gasteiger partial charge on any atom is 0.263 e. The zero-order valence-electron chi connectivity index (χ0n) is 15.9. The molecule has 2 aromatic carbocycles. The highest BCUT2D eigenvalue weighted by Gasteiger charge is 2.26. The molecule has 26 heavy (non-hydrogen) atoms. The van der Waals surface area contributed by atoms with E-state index in [1.54, 1.807) is 0 Å². The highest BCUT2D eigenvalue weighted by atomic mass is 16.5. The predicted molar refractivity (Wildman–Crippen MR) is 104 cm³/mol. The third kappa shape index (κ3) is 4.64. The van der Waals surface area contributed by atoms with Gasteiger partial charge >= 0.3 is 0 Å². The number of nitrogens with zero attached hydrogens (tertiary/aromatic N) is 2. The molecular weight excluding hydrogens is 324 g/mol. The van der Waals surface area contributed by atoms with Crippen molar-refractivity contribution in [3.63, 3.8) is 0 Å². The van der Waals surface area contributed by atoms with E-state index in [1.165, 1.54) is 16.7 Å². The molecule has 1 heterocycles. The summed E-state index contributed by atoms with van der Waals surface area (Å²) in [6.07, 6.45) is -0.460. The van der Waals surface area contributed by atoms with Crippen LogP contribution in [0, 0.1) is 13.8 Å². The number of hydrogen-bond donors (Lipinski definition) is 0. The highest BCUT2D eigenvalue weighted by Crippen LogP contribution is 2.18. The Hall–Kier alpha value is -2.33. The maximum absolute atomic E-state index is 12.7. The molecule has 1 aliphatic rings. The Morgan fingerprint density at radius 3 is 2.35 bits per heavy atom. The summed E-state index contributed by atoms with van der Waals surface area (Å²) < 4.78 is 5.88. The molecule has 0 aromatic heterocycles. The fourth-order valence-electron chi connectivity index (χ4n) is 3.27. The summed E-state index contributed by atoms with van der Waals surface area (Å²) in [7, 11) is 0. The SMILES string of the molecule is Cc1ccc(O[C@H](C)C(=O)N2CCN(Cc3ccccc3)CC2)cc1C. The average molecular weight is 352 g/mol. The Morgan fingerprint density at radius 2 is 1.69 bits per heavy atom. The molecule has 0 aliphatic carbocycles. The van der Waals surface area contributed by atoms with E-state index in [0.717, 1.165) is 38.5 Å². The molecule has 138 valence electrons. The van der Waals surface area contributed by atoms with Crippen molar-refractivity contribution in [2.24, 2.45) is 0 Å². The molecule has 4 heteroatoms. The second kappa shape index (κ2) is 8.37.